The number of ether oxygens (including phenoxy) is 1. The molecule has 1 N–H and O–H groups in total. The highest BCUT2D eigenvalue weighted by Crippen LogP contribution is 2.31. The molecule has 0 aliphatic rings. The topological polar surface area (TPSA) is 86.4 Å². The second-order valence-corrected chi connectivity index (χ2v) is 9.21. The molecular weight excluding hydrogens is 453 g/mol. The highest BCUT2D eigenvalue weighted by molar-refractivity contribution is 6.42. The molecule has 2 heterocycles. The van der Waals surface area contributed by atoms with Crippen LogP contribution in [0.3, 0.4) is 0 Å². The third-order valence-corrected chi connectivity index (χ3v) is 5.45. The van der Waals surface area contributed by atoms with Gasteiger partial charge in [0.05, 0.1) is 28.0 Å². The van der Waals surface area contributed by atoms with E-state index in [1.54, 1.807) is 27.4 Å². The number of rotatable bonds is 6. The van der Waals surface area contributed by atoms with Gasteiger partial charge in [0.1, 0.15) is 11.2 Å². The Hall–Kier alpha value is -2.77. The SMILES string of the molecule is CCn1c(Cn2nc(C)cc2OC(C)(C)C)cc(=O)c(C(=O)O)c1-c1ccc(Cl)c(Cl)c1. The van der Waals surface area contributed by atoms with Crippen molar-refractivity contribution in [2.45, 2.75) is 53.3 Å². The fraction of sp³-hybridized carbons (Fsp3) is 0.348. The second-order valence-electron chi connectivity index (χ2n) is 8.40. The molecule has 0 fully saturated rings. The lowest BCUT2D eigenvalue weighted by Gasteiger charge is -2.23. The summed E-state index contributed by atoms with van der Waals surface area (Å²) in [5.74, 6) is -0.750. The minimum atomic E-state index is -1.31. The average molecular weight is 478 g/mol. The van der Waals surface area contributed by atoms with Gasteiger partial charge >= 0.3 is 5.97 Å². The Bertz CT molecular complexity index is 1240. The van der Waals surface area contributed by atoms with Gasteiger partial charge in [-0.05, 0) is 46.8 Å². The first-order chi connectivity index (χ1) is 14.9. The summed E-state index contributed by atoms with van der Waals surface area (Å²) in [4.78, 5) is 24.9. The zero-order valence-corrected chi connectivity index (χ0v) is 20.1. The minimum absolute atomic E-state index is 0.219. The first kappa shape index (κ1) is 23.9. The maximum atomic E-state index is 12.9. The molecule has 0 saturated heterocycles. The molecule has 0 bridgehead atoms. The van der Waals surface area contributed by atoms with Crippen LogP contribution >= 0.6 is 23.2 Å². The van der Waals surface area contributed by atoms with Crippen molar-refractivity contribution in [3.8, 4) is 17.1 Å². The van der Waals surface area contributed by atoms with Gasteiger partial charge in [0.15, 0.2) is 5.43 Å². The maximum Gasteiger partial charge on any atom is 0.341 e. The molecule has 0 aliphatic carbocycles. The van der Waals surface area contributed by atoms with Crippen LogP contribution in [0.25, 0.3) is 11.3 Å². The Morgan fingerprint density at radius 2 is 1.84 bits per heavy atom. The fourth-order valence-corrected chi connectivity index (χ4v) is 3.82. The summed E-state index contributed by atoms with van der Waals surface area (Å²) in [6, 6.07) is 7.95. The molecule has 32 heavy (non-hydrogen) atoms. The monoisotopic (exact) mass is 477 g/mol. The van der Waals surface area contributed by atoms with Crippen molar-refractivity contribution in [3.05, 3.63) is 67.6 Å². The average Bonchev–Trinajstić information content (AvgIpc) is 3.00. The number of carboxylic acid groups (broad SMARTS) is 1. The number of hydrogen-bond acceptors (Lipinski definition) is 4. The van der Waals surface area contributed by atoms with E-state index in [4.69, 9.17) is 27.9 Å². The van der Waals surface area contributed by atoms with Gasteiger partial charge < -0.3 is 14.4 Å². The summed E-state index contributed by atoms with van der Waals surface area (Å²) >= 11 is 12.2. The molecular formula is C23H25Cl2N3O4. The quantitative estimate of drug-likeness (QED) is 0.522. The van der Waals surface area contributed by atoms with Crippen LogP contribution in [0.2, 0.25) is 10.0 Å². The van der Waals surface area contributed by atoms with Crippen LogP contribution in [-0.4, -0.2) is 31.0 Å². The lowest BCUT2D eigenvalue weighted by molar-refractivity contribution is 0.0695. The number of aryl methyl sites for hydroxylation is 1. The molecule has 1 aromatic carbocycles. The number of carboxylic acids is 1. The molecule has 3 aromatic rings. The van der Waals surface area contributed by atoms with Crippen molar-refractivity contribution in [1.29, 1.82) is 0 Å². The van der Waals surface area contributed by atoms with Gasteiger partial charge in [0.2, 0.25) is 5.88 Å². The normalized spacial score (nSPS) is 11.6. The minimum Gasteiger partial charge on any atom is -0.477 e. The van der Waals surface area contributed by atoms with Crippen LogP contribution in [0.1, 0.15) is 49.4 Å². The standard InChI is InChI=1S/C23H25Cl2N3O4/c1-6-27-15(12-28-19(9-13(2)26-28)32-23(3,4)5)11-18(29)20(22(30)31)21(27)14-7-8-16(24)17(25)10-14/h7-11H,6,12H2,1-5H3,(H,30,31). The van der Waals surface area contributed by atoms with Gasteiger partial charge in [-0.25, -0.2) is 9.48 Å². The van der Waals surface area contributed by atoms with Crippen molar-refractivity contribution in [2.24, 2.45) is 0 Å². The largest absolute Gasteiger partial charge is 0.477 e. The molecule has 2 aromatic heterocycles. The molecule has 0 atom stereocenters. The molecule has 3 rings (SSSR count). The summed E-state index contributed by atoms with van der Waals surface area (Å²) in [5, 5.41) is 14.9. The van der Waals surface area contributed by atoms with Gasteiger partial charge in [-0.2, -0.15) is 5.10 Å². The van der Waals surface area contributed by atoms with E-state index >= 15 is 0 Å². The smallest absolute Gasteiger partial charge is 0.341 e. The van der Waals surface area contributed by atoms with Gasteiger partial charge in [-0.15, -0.1) is 0 Å². The van der Waals surface area contributed by atoms with E-state index in [9.17, 15) is 14.7 Å². The van der Waals surface area contributed by atoms with Crippen molar-refractivity contribution >= 4 is 29.2 Å². The number of aromatic carboxylic acids is 1. The van der Waals surface area contributed by atoms with Crippen LogP contribution in [0.15, 0.2) is 35.1 Å². The number of benzene rings is 1. The number of hydrogen-bond donors (Lipinski definition) is 1. The molecule has 0 unspecified atom stereocenters. The van der Waals surface area contributed by atoms with Gasteiger partial charge in [0, 0.05) is 29.9 Å². The van der Waals surface area contributed by atoms with Crippen molar-refractivity contribution in [1.82, 2.24) is 14.3 Å². The van der Waals surface area contributed by atoms with E-state index < -0.39 is 17.0 Å². The summed E-state index contributed by atoms with van der Waals surface area (Å²) in [6.45, 7) is 10.2. The van der Waals surface area contributed by atoms with Crippen molar-refractivity contribution in [2.75, 3.05) is 0 Å². The molecule has 0 radical (unpaired) electrons. The zero-order chi connectivity index (χ0) is 23.8. The molecule has 7 nitrogen and oxygen atoms in total. The number of nitrogens with zero attached hydrogens (tertiary/aromatic N) is 3. The predicted molar refractivity (Wildman–Crippen MR) is 125 cm³/mol. The summed E-state index contributed by atoms with van der Waals surface area (Å²) in [5.41, 5.74) is 0.750. The third-order valence-electron chi connectivity index (χ3n) is 4.71. The Balaban J connectivity index is 2.23. The Labute approximate surface area is 196 Å². The van der Waals surface area contributed by atoms with E-state index in [2.05, 4.69) is 5.10 Å². The number of halogens is 2. The molecule has 9 heteroatoms. The van der Waals surface area contributed by atoms with E-state index in [1.165, 1.54) is 6.07 Å². The molecule has 0 aliphatic heterocycles. The van der Waals surface area contributed by atoms with Crippen LogP contribution < -0.4 is 10.2 Å². The highest BCUT2D eigenvalue weighted by Gasteiger charge is 2.24. The predicted octanol–water partition coefficient (Wildman–Crippen LogP) is 5.27. The van der Waals surface area contributed by atoms with Gasteiger partial charge in [0.25, 0.3) is 0 Å². The second kappa shape index (κ2) is 9.00. The first-order valence-corrected chi connectivity index (χ1v) is 10.9. The Morgan fingerprint density at radius 1 is 1.16 bits per heavy atom. The lowest BCUT2D eigenvalue weighted by atomic mass is 10.0. The van der Waals surface area contributed by atoms with Crippen LogP contribution in [0.5, 0.6) is 5.88 Å². The summed E-state index contributed by atoms with van der Waals surface area (Å²) in [6.07, 6.45) is 0. The van der Waals surface area contributed by atoms with Crippen LogP contribution in [-0.2, 0) is 13.1 Å². The van der Waals surface area contributed by atoms with E-state index in [0.717, 1.165) is 5.69 Å². The van der Waals surface area contributed by atoms with Gasteiger partial charge in [-0.3, -0.25) is 4.79 Å². The van der Waals surface area contributed by atoms with E-state index in [1.807, 2.05) is 40.7 Å². The molecule has 0 spiro atoms. The van der Waals surface area contributed by atoms with Crippen molar-refractivity contribution in [3.63, 3.8) is 0 Å². The zero-order valence-electron chi connectivity index (χ0n) is 18.6. The van der Waals surface area contributed by atoms with Gasteiger partial charge in [-0.1, -0.05) is 29.3 Å². The highest BCUT2D eigenvalue weighted by atomic mass is 35.5. The Kier molecular flexibility index (Phi) is 6.72. The Morgan fingerprint density at radius 3 is 2.41 bits per heavy atom. The molecule has 170 valence electrons. The number of pyridine rings is 1. The molecule has 0 saturated carbocycles. The third kappa shape index (κ3) is 5.00. The van der Waals surface area contributed by atoms with E-state index in [0.29, 0.717) is 28.7 Å². The van der Waals surface area contributed by atoms with Crippen LogP contribution in [0, 0.1) is 6.92 Å². The van der Waals surface area contributed by atoms with E-state index in [-0.39, 0.29) is 22.8 Å². The van der Waals surface area contributed by atoms with Crippen molar-refractivity contribution < 1.29 is 14.6 Å². The fourth-order valence-electron chi connectivity index (χ4n) is 3.52. The molecule has 0 amide bonds. The maximum absolute atomic E-state index is 12.9. The number of carbonyl (C=O) groups is 1. The summed E-state index contributed by atoms with van der Waals surface area (Å²) < 4.78 is 9.47. The first-order valence-electron chi connectivity index (χ1n) is 10.1. The summed E-state index contributed by atoms with van der Waals surface area (Å²) in [7, 11) is 0. The lowest BCUT2D eigenvalue weighted by Crippen LogP contribution is -2.27. The number of aromatic nitrogens is 3. The van der Waals surface area contributed by atoms with Crippen LogP contribution in [0.4, 0.5) is 0 Å².